The third-order valence-corrected chi connectivity index (χ3v) is 5.26. The average molecular weight is 394 g/mol. The monoisotopic (exact) mass is 394 g/mol. The molecular formula is C23H26N2O4. The fourth-order valence-electron chi connectivity index (χ4n) is 3.57. The van der Waals surface area contributed by atoms with Gasteiger partial charge in [-0.1, -0.05) is 55.5 Å². The van der Waals surface area contributed by atoms with Gasteiger partial charge in [0, 0.05) is 18.7 Å². The van der Waals surface area contributed by atoms with Gasteiger partial charge in [-0.25, -0.2) is 0 Å². The van der Waals surface area contributed by atoms with E-state index in [-0.39, 0.29) is 25.0 Å². The molecule has 6 nitrogen and oxygen atoms in total. The number of aryl methyl sites for hydroxylation is 1. The molecule has 0 aliphatic carbocycles. The van der Waals surface area contributed by atoms with Crippen molar-refractivity contribution in [2.75, 3.05) is 18.5 Å². The van der Waals surface area contributed by atoms with Crippen LogP contribution in [0.5, 0.6) is 0 Å². The van der Waals surface area contributed by atoms with Gasteiger partial charge in [0.2, 0.25) is 5.91 Å². The lowest BCUT2D eigenvalue weighted by Crippen LogP contribution is -2.30. The number of hydrogen-bond acceptors (Lipinski definition) is 4. The Morgan fingerprint density at radius 3 is 2.55 bits per heavy atom. The summed E-state index contributed by atoms with van der Waals surface area (Å²) in [6, 6.07) is 17.1. The van der Waals surface area contributed by atoms with Crippen LogP contribution in [-0.4, -0.2) is 35.8 Å². The Bertz CT molecular complexity index is 881. The smallest absolute Gasteiger partial charge is 0.311 e. The van der Waals surface area contributed by atoms with Crippen LogP contribution in [0.2, 0.25) is 0 Å². The molecule has 1 heterocycles. The normalized spacial score (nSPS) is 17.1. The van der Waals surface area contributed by atoms with Crippen molar-refractivity contribution in [1.29, 1.82) is 0 Å². The number of nitrogens with zero attached hydrogens (tertiary/aromatic N) is 1. The SMILES string of the molecule is CCc1ccccc1NC(=O)COC(=O)[C@@H]1CC(=O)N([C@@H](C)c2ccccc2)C1. The molecule has 2 amide bonds. The van der Waals surface area contributed by atoms with E-state index in [0.29, 0.717) is 6.54 Å². The molecule has 2 atom stereocenters. The number of amides is 2. The van der Waals surface area contributed by atoms with Crippen molar-refractivity contribution in [3.05, 3.63) is 65.7 Å². The molecule has 1 fully saturated rings. The maximum absolute atomic E-state index is 12.4. The van der Waals surface area contributed by atoms with Crippen LogP contribution in [-0.2, 0) is 25.5 Å². The summed E-state index contributed by atoms with van der Waals surface area (Å²) in [5.41, 5.74) is 2.75. The molecule has 0 radical (unpaired) electrons. The topological polar surface area (TPSA) is 75.7 Å². The number of benzene rings is 2. The van der Waals surface area contributed by atoms with Crippen LogP contribution in [0.1, 0.15) is 37.4 Å². The van der Waals surface area contributed by atoms with Crippen LogP contribution in [0, 0.1) is 5.92 Å². The highest BCUT2D eigenvalue weighted by Gasteiger charge is 2.38. The summed E-state index contributed by atoms with van der Waals surface area (Å²) in [7, 11) is 0. The van der Waals surface area contributed by atoms with Gasteiger partial charge in [-0.2, -0.15) is 0 Å². The molecule has 2 aromatic carbocycles. The minimum Gasteiger partial charge on any atom is -0.455 e. The molecule has 2 aromatic rings. The lowest BCUT2D eigenvalue weighted by atomic mass is 10.1. The quantitative estimate of drug-likeness (QED) is 0.731. The number of rotatable bonds is 7. The van der Waals surface area contributed by atoms with E-state index in [9.17, 15) is 14.4 Å². The molecule has 0 aromatic heterocycles. The Morgan fingerprint density at radius 2 is 1.83 bits per heavy atom. The molecule has 0 bridgehead atoms. The molecule has 3 rings (SSSR count). The van der Waals surface area contributed by atoms with Crippen LogP contribution in [0.25, 0.3) is 0 Å². The van der Waals surface area contributed by atoms with Crippen molar-refractivity contribution in [3.8, 4) is 0 Å². The van der Waals surface area contributed by atoms with Crippen LogP contribution in [0.4, 0.5) is 5.69 Å². The summed E-state index contributed by atoms with van der Waals surface area (Å²) in [4.78, 5) is 38.6. The number of carbonyl (C=O) groups excluding carboxylic acids is 3. The van der Waals surface area contributed by atoms with E-state index in [1.165, 1.54) is 0 Å². The zero-order valence-corrected chi connectivity index (χ0v) is 16.8. The molecule has 1 saturated heterocycles. The van der Waals surface area contributed by atoms with E-state index in [0.717, 1.165) is 23.2 Å². The highest BCUT2D eigenvalue weighted by Crippen LogP contribution is 2.29. The van der Waals surface area contributed by atoms with Gasteiger partial charge >= 0.3 is 5.97 Å². The Labute approximate surface area is 170 Å². The van der Waals surface area contributed by atoms with Gasteiger partial charge in [-0.05, 0) is 30.5 Å². The summed E-state index contributed by atoms with van der Waals surface area (Å²) in [5.74, 6) is -1.54. The first-order chi connectivity index (χ1) is 14.0. The predicted molar refractivity (Wildman–Crippen MR) is 110 cm³/mol. The predicted octanol–water partition coefficient (Wildman–Crippen LogP) is 3.34. The third kappa shape index (κ3) is 5.02. The Kier molecular flexibility index (Phi) is 6.65. The number of ether oxygens (including phenoxy) is 1. The van der Waals surface area contributed by atoms with Gasteiger partial charge in [0.15, 0.2) is 6.61 Å². The molecule has 29 heavy (non-hydrogen) atoms. The van der Waals surface area contributed by atoms with Gasteiger partial charge < -0.3 is 15.0 Å². The van der Waals surface area contributed by atoms with Gasteiger partial charge in [0.25, 0.3) is 5.91 Å². The van der Waals surface area contributed by atoms with Crippen molar-refractivity contribution in [3.63, 3.8) is 0 Å². The summed E-state index contributed by atoms with van der Waals surface area (Å²) in [6.07, 6.45) is 0.895. The van der Waals surface area contributed by atoms with E-state index in [1.54, 1.807) is 4.90 Å². The fourth-order valence-corrected chi connectivity index (χ4v) is 3.57. The maximum atomic E-state index is 12.4. The molecule has 1 aliphatic heterocycles. The highest BCUT2D eigenvalue weighted by molar-refractivity contribution is 5.94. The molecule has 0 saturated carbocycles. The van der Waals surface area contributed by atoms with Crippen molar-refractivity contribution >= 4 is 23.5 Å². The van der Waals surface area contributed by atoms with Gasteiger partial charge in [0.05, 0.1) is 12.0 Å². The first kappa shape index (κ1) is 20.6. The average Bonchev–Trinajstić information content (AvgIpc) is 3.14. The lowest BCUT2D eigenvalue weighted by Gasteiger charge is -2.25. The van der Waals surface area contributed by atoms with Gasteiger partial charge in [0.1, 0.15) is 0 Å². The number of para-hydroxylation sites is 1. The van der Waals surface area contributed by atoms with Crippen LogP contribution in [0.3, 0.4) is 0 Å². The van der Waals surface area contributed by atoms with E-state index in [1.807, 2.05) is 68.4 Å². The molecule has 1 aliphatic rings. The summed E-state index contributed by atoms with van der Waals surface area (Å²) in [6.45, 7) is 3.88. The van der Waals surface area contributed by atoms with E-state index in [4.69, 9.17) is 4.74 Å². The largest absolute Gasteiger partial charge is 0.455 e. The number of nitrogens with one attached hydrogen (secondary N) is 1. The molecule has 1 N–H and O–H groups in total. The standard InChI is InChI=1S/C23H26N2O4/c1-3-17-9-7-8-12-20(17)24-21(26)15-29-23(28)19-13-22(27)25(14-19)16(2)18-10-5-4-6-11-18/h4-12,16,19H,3,13-15H2,1-2H3,(H,24,26)/t16-,19+/m0/s1. The second-order valence-corrected chi connectivity index (χ2v) is 7.20. The van der Waals surface area contributed by atoms with Crippen molar-refractivity contribution in [2.45, 2.75) is 32.7 Å². The van der Waals surface area contributed by atoms with Crippen LogP contribution >= 0.6 is 0 Å². The van der Waals surface area contributed by atoms with E-state index < -0.39 is 17.8 Å². The Morgan fingerprint density at radius 1 is 1.14 bits per heavy atom. The summed E-state index contributed by atoms with van der Waals surface area (Å²) in [5, 5.41) is 2.77. The maximum Gasteiger partial charge on any atom is 0.311 e. The zero-order valence-electron chi connectivity index (χ0n) is 16.8. The van der Waals surface area contributed by atoms with Gasteiger partial charge in [-0.3, -0.25) is 14.4 Å². The molecule has 6 heteroatoms. The summed E-state index contributed by atoms with van der Waals surface area (Å²) >= 11 is 0. The number of carbonyl (C=O) groups is 3. The highest BCUT2D eigenvalue weighted by atomic mass is 16.5. The lowest BCUT2D eigenvalue weighted by molar-refractivity contribution is -0.151. The van der Waals surface area contributed by atoms with Gasteiger partial charge in [-0.15, -0.1) is 0 Å². The zero-order chi connectivity index (χ0) is 20.8. The minimum absolute atomic E-state index is 0.0790. The first-order valence-corrected chi connectivity index (χ1v) is 9.88. The molecule has 152 valence electrons. The molecule has 0 unspecified atom stereocenters. The number of likely N-dealkylation sites (tertiary alicyclic amines) is 1. The van der Waals surface area contributed by atoms with Crippen LogP contribution in [0.15, 0.2) is 54.6 Å². The van der Waals surface area contributed by atoms with E-state index in [2.05, 4.69) is 5.32 Å². The second kappa shape index (κ2) is 9.37. The van der Waals surface area contributed by atoms with E-state index >= 15 is 0 Å². The Balaban J connectivity index is 1.52. The van der Waals surface area contributed by atoms with Crippen molar-refractivity contribution in [2.24, 2.45) is 5.92 Å². The molecular weight excluding hydrogens is 368 g/mol. The molecule has 0 spiro atoms. The fraction of sp³-hybridized carbons (Fsp3) is 0.348. The first-order valence-electron chi connectivity index (χ1n) is 9.88. The number of hydrogen-bond donors (Lipinski definition) is 1. The Hall–Kier alpha value is -3.15. The van der Waals surface area contributed by atoms with Crippen molar-refractivity contribution in [1.82, 2.24) is 4.90 Å². The third-order valence-electron chi connectivity index (χ3n) is 5.26. The number of esters is 1. The van der Waals surface area contributed by atoms with Crippen molar-refractivity contribution < 1.29 is 19.1 Å². The minimum atomic E-state index is -0.551. The number of anilines is 1. The second-order valence-electron chi connectivity index (χ2n) is 7.20. The summed E-state index contributed by atoms with van der Waals surface area (Å²) < 4.78 is 5.19. The van der Waals surface area contributed by atoms with Crippen LogP contribution < -0.4 is 5.32 Å².